The Kier molecular flexibility index (Phi) is 5.96. The molecule has 1 atom stereocenters. The molecule has 1 amide bonds. The standard InChI is InChI=1S/C26H25N5OS/c1-17-6-10-23(11-7-17)31-24(20-12-14-27-15-13-20)29-30-26(31)33-18(2)25(32)28-22-9-8-19-4-3-5-21(19)16-22/h6-16,18H,3-5H2,1-2H3,(H,28,32). The molecule has 4 aromatic rings. The number of carbonyl (C=O) groups is 1. The summed E-state index contributed by atoms with van der Waals surface area (Å²) < 4.78 is 2.00. The molecular formula is C26H25N5OS. The van der Waals surface area contributed by atoms with Crippen LogP contribution in [0.3, 0.4) is 0 Å². The molecule has 1 unspecified atom stereocenters. The van der Waals surface area contributed by atoms with Crippen LogP contribution in [0.15, 0.2) is 72.1 Å². The number of hydrogen-bond donors (Lipinski definition) is 1. The quantitative estimate of drug-likeness (QED) is 0.402. The summed E-state index contributed by atoms with van der Waals surface area (Å²) in [5.41, 5.74) is 6.63. The van der Waals surface area contributed by atoms with Crippen LogP contribution < -0.4 is 5.32 Å². The van der Waals surface area contributed by atoms with Gasteiger partial charge in [0.1, 0.15) is 0 Å². The van der Waals surface area contributed by atoms with Crippen molar-refractivity contribution in [1.82, 2.24) is 19.7 Å². The largest absolute Gasteiger partial charge is 0.325 e. The van der Waals surface area contributed by atoms with Gasteiger partial charge in [-0.3, -0.25) is 14.3 Å². The molecule has 7 heteroatoms. The molecule has 0 aliphatic heterocycles. The van der Waals surface area contributed by atoms with Gasteiger partial charge in [0, 0.05) is 29.3 Å². The fourth-order valence-electron chi connectivity index (χ4n) is 4.07. The Morgan fingerprint density at radius 2 is 1.76 bits per heavy atom. The first-order valence-electron chi connectivity index (χ1n) is 11.1. The molecule has 0 spiro atoms. The minimum atomic E-state index is -0.350. The number of aryl methyl sites for hydroxylation is 3. The van der Waals surface area contributed by atoms with Crippen LogP contribution >= 0.6 is 11.8 Å². The molecule has 2 aromatic heterocycles. The van der Waals surface area contributed by atoms with Gasteiger partial charge < -0.3 is 5.32 Å². The molecule has 5 rings (SSSR count). The van der Waals surface area contributed by atoms with Gasteiger partial charge in [0.25, 0.3) is 0 Å². The Morgan fingerprint density at radius 3 is 2.55 bits per heavy atom. The Balaban J connectivity index is 1.41. The molecule has 0 saturated heterocycles. The molecule has 0 saturated carbocycles. The minimum absolute atomic E-state index is 0.0538. The number of benzene rings is 2. The lowest BCUT2D eigenvalue weighted by molar-refractivity contribution is -0.115. The number of hydrogen-bond acceptors (Lipinski definition) is 5. The molecule has 6 nitrogen and oxygen atoms in total. The Hall–Kier alpha value is -3.45. The van der Waals surface area contributed by atoms with Crippen LogP contribution in [0.25, 0.3) is 17.1 Å². The highest BCUT2D eigenvalue weighted by atomic mass is 32.2. The van der Waals surface area contributed by atoms with E-state index in [1.165, 1.54) is 34.9 Å². The third-order valence-corrected chi connectivity index (χ3v) is 6.92. The van der Waals surface area contributed by atoms with Crippen molar-refractivity contribution < 1.29 is 4.79 Å². The fourth-order valence-corrected chi connectivity index (χ4v) is 4.93. The smallest absolute Gasteiger partial charge is 0.237 e. The Bertz CT molecular complexity index is 1280. The van der Waals surface area contributed by atoms with E-state index in [2.05, 4.69) is 51.7 Å². The van der Waals surface area contributed by atoms with Crippen molar-refractivity contribution in [3.05, 3.63) is 83.7 Å². The van der Waals surface area contributed by atoms with Gasteiger partial charge in [-0.15, -0.1) is 10.2 Å². The summed E-state index contributed by atoms with van der Waals surface area (Å²) in [6, 6.07) is 18.3. The summed E-state index contributed by atoms with van der Waals surface area (Å²) in [4.78, 5) is 17.1. The normalized spacial score (nSPS) is 13.5. The van der Waals surface area contributed by atoms with E-state index >= 15 is 0 Å². The van der Waals surface area contributed by atoms with Gasteiger partial charge in [0.15, 0.2) is 11.0 Å². The number of nitrogens with one attached hydrogen (secondary N) is 1. The van der Waals surface area contributed by atoms with Crippen molar-refractivity contribution >= 4 is 23.4 Å². The third kappa shape index (κ3) is 4.54. The minimum Gasteiger partial charge on any atom is -0.325 e. The number of aromatic nitrogens is 4. The molecule has 1 aliphatic carbocycles. The van der Waals surface area contributed by atoms with Crippen molar-refractivity contribution in [2.75, 3.05) is 5.32 Å². The van der Waals surface area contributed by atoms with Crippen LogP contribution in [0, 0.1) is 6.92 Å². The van der Waals surface area contributed by atoms with Crippen molar-refractivity contribution in [2.45, 2.75) is 43.5 Å². The monoisotopic (exact) mass is 455 g/mol. The number of amides is 1. The van der Waals surface area contributed by atoms with E-state index in [4.69, 9.17) is 0 Å². The van der Waals surface area contributed by atoms with Crippen molar-refractivity contribution in [3.63, 3.8) is 0 Å². The van der Waals surface area contributed by atoms with Crippen LogP contribution in [-0.4, -0.2) is 30.9 Å². The van der Waals surface area contributed by atoms with Crippen LogP contribution in [0.1, 0.15) is 30.0 Å². The third-order valence-electron chi connectivity index (χ3n) is 5.88. The van der Waals surface area contributed by atoms with Gasteiger partial charge in [-0.25, -0.2) is 0 Å². The zero-order valence-electron chi connectivity index (χ0n) is 18.7. The van der Waals surface area contributed by atoms with E-state index in [0.717, 1.165) is 35.6 Å². The molecular weight excluding hydrogens is 430 g/mol. The topological polar surface area (TPSA) is 72.7 Å². The van der Waals surface area contributed by atoms with Gasteiger partial charge in [-0.05, 0) is 80.6 Å². The second-order valence-corrected chi connectivity index (χ2v) is 9.61. The van der Waals surface area contributed by atoms with Gasteiger partial charge in [0.05, 0.1) is 5.25 Å². The average molecular weight is 456 g/mol. The highest BCUT2D eigenvalue weighted by Gasteiger charge is 2.22. The lowest BCUT2D eigenvalue weighted by atomic mass is 10.1. The molecule has 1 aliphatic rings. The van der Waals surface area contributed by atoms with Gasteiger partial charge in [0.2, 0.25) is 5.91 Å². The summed E-state index contributed by atoms with van der Waals surface area (Å²) in [7, 11) is 0. The number of rotatable bonds is 6. The number of nitrogens with zero attached hydrogens (tertiary/aromatic N) is 4. The lowest BCUT2D eigenvalue weighted by Gasteiger charge is -2.14. The molecule has 0 bridgehead atoms. The molecule has 33 heavy (non-hydrogen) atoms. The maximum atomic E-state index is 13.0. The predicted molar refractivity (Wildman–Crippen MR) is 132 cm³/mol. The average Bonchev–Trinajstić information content (AvgIpc) is 3.47. The van der Waals surface area contributed by atoms with Crippen molar-refractivity contribution in [1.29, 1.82) is 0 Å². The molecule has 0 fully saturated rings. The SMILES string of the molecule is Cc1ccc(-n2c(SC(C)C(=O)Nc3ccc4c(c3)CCC4)nnc2-c2ccncc2)cc1. The fraction of sp³-hybridized carbons (Fsp3) is 0.231. The first-order valence-corrected chi connectivity index (χ1v) is 12.0. The number of thioether (sulfide) groups is 1. The zero-order valence-corrected chi connectivity index (χ0v) is 19.5. The summed E-state index contributed by atoms with van der Waals surface area (Å²) in [5.74, 6) is 0.664. The van der Waals surface area contributed by atoms with E-state index in [-0.39, 0.29) is 11.2 Å². The maximum Gasteiger partial charge on any atom is 0.237 e. The summed E-state index contributed by atoms with van der Waals surface area (Å²) in [6.45, 7) is 3.95. The van der Waals surface area contributed by atoms with Gasteiger partial charge >= 0.3 is 0 Å². The summed E-state index contributed by atoms with van der Waals surface area (Å²) in [5, 5.41) is 12.3. The Labute approximate surface area is 197 Å². The van der Waals surface area contributed by atoms with E-state index in [9.17, 15) is 4.79 Å². The van der Waals surface area contributed by atoms with Gasteiger partial charge in [-0.1, -0.05) is 35.5 Å². The summed E-state index contributed by atoms with van der Waals surface area (Å²) in [6.07, 6.45) is 6.88. The first kappa shape index (κ1) is 21.4. The van der Waals surface area contributed by atoms with Crippen molar-refractivity contribution in [2.24, 2.45) is 0 Å². The highest BCUT2D eigenvalue weighted by Crippen LogP contribution is 2.31. The molecule has 0 radical (unpaired) electrons. The van der Waals surface area contributed by atoms with Crippen LogP contribution in [0.5, 0.6) is 0 Å². The summed E-state index contributed by atoms with van der Waals surface area (Å²) >= 11 is 1.40. The number of anilines is 1. The molecule has 2 aromatic carbocycles. The predicted octanol–water partition coefficient (Wildman–Crippen LogP) is 5.25. The van der Waals surface area contributed by atoms with E-state index in [0.29, 0.717) is 5.16 Å². The zero-order chi connectivity index (χ0) is 22.8. The van der Waals surface area contributed by atoms with Crippen LogP contribution in [0.2, 0.25) is 0 Å². The molecule has 2 heterocycles. The van der Waals surface area contributed by atoms with E-state index < -0.39 is 0 Å². The van der Waals surface area contributed by atoms with Crippen LogP contribution in [-0.2, 0) is 17.6 Å². The highest BCUT2D eigenvalue weighted by molar-refractivity contribution is 8.00. The number of carbonyl (C=O) groups excluding carboxylic acids is 1. The Morgan fingerprint density at radius 1 is 1.00 bits per heavy atom. The number of fused-ring (bicyclic) bond motifs is 1. The van der Waals surface area contributed by atoms with E-state index in [1.807, 2.05) is 41.8 Å². The second-order valence-electron chi connectivity index (χ2n) is 8.30. The lowest BCUT2D eigenvalue weighted by Crippen LogP contribution is -2.23. The first-order chi connectivity index (χ1) is 16.1. The van der Waals surface area contributed by atoms with Crippen LogP contribution in [0.4, 0.5) is 5.69 Å². The number of pyridine rings is 1. The maximum absolute atomic E-state index is 13.0. The molecule has 166 valence electrons. The molecule has 1 N–H and O–H groups in total. The van der Waals surface area contributed by atoms with Crippen molar-refractivity contribution in [3.8, 4) is 17.1 Å². The van der Waals surface area contributed by atoms with E-state index in [1.54, 1.807) is 12.4 Å². The second kappa shape index (κ2) is 9.19. The van der Waals surface area contributed by atoms with Gasteiger partial charge in [-0.2, -0.15) is 0 Å².